The fourth-order valence-corrected chi connectivity index (χ4v) is 2.06. The van der Waals surface area contributed by atoms with Crippen molar-refractivity contribution in [3.8, 4) is 11.8 Å². The van der Waals surface area contributed by atoms with Gasteiger partial charge in [0.15, 0.2) is 5.69 Å². The Hall–Kier alpha value is -3.09. The molecule has 1 N–H and O–H groups in total. The lowest BCUT2D eigenvalue weighted by molar-refractivity contribution is -0.142. The first-order valence-electron chi connectivity index (χ1n) is 7.27. The quantitative estimate of drug-likeness (QED) is 0.802. The number of nitrogens with one attached hydrogen (secondary N) is 1. The van der Waals surface area contributed by atoms with Crippen LogP contribution in [0.5, 0.6) is 0 Å². The SMILES string of the molecule is CC(C)(C)OC(=O)Nc1cnn(-c2ccc(C#N)cc2F)c1C(F)(F)F. The Bertz CT molecular complexity index is 876. The van der Waals surface area contributed by atoms with Crippen LogP contribution in [0.4, 0.5) is 28.0 Å². The van der Waals surface area contributed by atoms with E-state index in [2.05, 4.69) is 5.10 Å². The number of nitriles is 1. The molecular formula is C16H14F4N4O2. The number of amides is 1. The standard InChI is InChI=1S/C16H14F4N4O2/c1-15(2,3)26-14(25)23-11-8-22-24(13(11)16(18,19)20)12-5-4-9(7-21)6-10(12)17/h4-6,8H,1-3H3,(H,23,25). The van der Waals surface area contributed by atoms with Gasteiger partial charge in [-0.3, -0.25) is 5.32 Å². The Kier molecular flexibility index (Phi) is 4.93. The van der Waals surface area contributed by atoms with Crippen molar-refractivity contribution < 1.29 is 27.1 Å². The third-order valence-corrected chi connectivity index (χ3v) is 2.98. The van der Waals surface area contributed by atoms with E-state index in [-0.39, 0.29) is 5.56 Å². The maximum atomic E-state index is 14.1. The number of carbonyl (C=O) groups is 1. The van der Waals surface area contributed by atoms with Gasteiger partial charge in [-0.15, -0.1) is 0 Å². The second-order valence-corrected chi connectivity index (χ2v) is 6.22. The average molecular weight is 370 g/mol. The van der Waals surface area contributed by atoms with E-state index in [1.54, 1.807) is 26.8 Å². The van der Waals surface area contributed by atoms with E-state index in [0.29, 0.717) is 4.68 Å². The number of ether oxygens (including phenoxy) is 1. The third kappa shape index (κ3) is 4.30. The summed E-state index contributed by atoms with van der Waals surface area (Å²) in [5.74, 6) is -1.07. The molecule has 1 aromatic carbocycles. The van der Waals surface area contributed by atoms with Crippen LogP contribution in [-0.4, -0.2) is 21.5 Å². The summed E-state index contributed by atoms with van der Waals surface area (Å²) in [6.07, 6.45) is -5.31. The van der Waals surface area contributed by atoms with Crippen molar-refractivity contribution in [1.29, 1.82) is 5.26 Å². The molecule has 0 saturated heterocycles. The van der Waals surface area contributed by atoms with E-state index in [1.807, 2.05) is 5.32 Å². The van der Waals surface area contributed by atoms with Crippen molar-refractivity contribution in [2.24, 2.45) is 0 Å². The minimum atomic E-state index is -4.94. The van der Waals surface area contributed by atoms with Crippen molar-refractivity contribution in [3.05, 3.63) is 41.5 Å². The zero-order chi connectivity index (χ0) is 19.7. The Morgan fingerprint density at radius 3 is 2.46 bits per heavy atom. The van der Waals surface area contributed by atoms with Crippen LogP contribution in [0.1, 0.15) is 32.0 Å². The largest absolute Gasteiger partial charge is 0.444 e. The Morgan fingerprint density at radius 1 is 1.31 bits per heavy atom. The van der Waals surface area contributed by atoms with Gasteiger partial charge in [-0.2, -0.15) is 23.5 Å². The van der Waals surface area contributed by atoms with Gasteiger partial charge in [0.2, 0.25) is 0 Å². The van der Waals surface area contributed by atoms with Crippen molar-refractivity contribution in [2.75, 3.05) is 5.32 Å². The number of halogens is 4. The van der Waals surface area contributed by atoms with Crippen molar-refractivity contribution >= 4 is 11.8 Å². The average Bonchev–Trinajstić information content (AvgIpc) is 2.88. The molecule has 1 heterocycles. The molecule has 2 rings (SSSR count). The molecule has 10 heteroatoms. The van der Waals surface area contributed by atoms with Gasteiger partial charge in [-0.25, -0.2) is 13.9 Å². The maximum Gasteiger partial charge on any atom is 0.435 e. The van der Waals surface area contributed by atoms with Crippen LogP contribution in [0.2, 0.25) is 0 Å². The molecule has 0 bridgehead atoms. The maximum absolute atomic E-state index is 14.1. The molecule has 0 aliphatic rings. The summed E-state index contributed by atoms with van der Waals surface area (Å²) in [6, 6.07) is 4.62. The van der Waals surface area contributed by atoms with Crippen molar-refractivity contribution in [1.82, 2.24) is 9.78 Å². The number of benzene rings is 1. The molecule has 138 valence electrons. The molecule has 0 aliphatic heterocycles. The first kappa shape index (κ1) is 19.2. The number of hydrogen-bond donors (Lipinski definition) is 1. The van der Waals surface area contributed by atoms with Gasteiger partial charge in [0.25, 0.3) is 0 Å². The highest BCUT2D eigenvalue weighted by Gasteiger charge is 2.40. The third-order valence-electron chi connectivity index (χ3n) is 2.98. The fraction of sp³-hybridized carbons (Fsp3) is 0.312. The number of anilines is 1. The second-order valence-electron chi connectivity index (χ2n) is 6.22. The summed E-state index contributed by atoms with van der Waals surface area (Å²) < 4.78 is 59.7. The van der Waals surface area contributed by atoms with Crippen LogP contribution in [0.15, 0.2) is 24.4 Å². The van der Waals surface area contributed by atoms with Gasteiger partial charge < -0.3 is 4.74 Å². The lowest BCUT2D eigenvalue weighted by Crippen LogP contribution is -2.28. The lowest BCUT2D eigenvalue weighted by atomic mass is 10.2. The minimum absolute atomic E-state index is 0.0564. The molecule has 2 aromatic rings. The van der Waals surface area contributed by atoms with E-state index < -0.39 is 40.8 Å². The lowest BCUT2D eigenvalue weighted by Gasteiger charge is -2.20. The summed E-state index contributed by atoms with van der Waals surface area (Å²) in [5.41, 5.74) is -3.56. The van der Waals surface area contributed by atoms with E-state index >= 15 is 0 Å². The highest BCUT2D eigenvalue weighted by atomic mass is 19.4. The molecule has 26 heavy (non-hydrogen) atoms. The van der Waals surface area contributed by atoms with Crippen molar-refractivity contribution in [3.63, 3.8) is 0 Å². The molecule has 0 aliphatic carbocycles. The first-order valence-corrected chi connectivity index (χ1v) is 7.27. The van der Waals surface area contributed by atoms with Crippen LogP contribution in [0, 0.1) is 17.1 Å². The number of carbonyl (C=O) groups excluding carboxylic acids is 1. The Balaban J connectivity index is 2.49. The van der Waals surface area contributed by atoms with E-state index in [0.717, 1.165) is 24.4 Å². The topological polar surface area (TPSA) is 79.9 Å². The molecule has 0 fully saturated rings. The summed E-state index contributed by atoms with van der Waals surface area (Å²) in [4.78, 5) is 11.8. The van der Waals surface area contributed by atoms with Crippen LogP contribution in [0.3, 0.4) is 0 Å². The number of rotatable bonds is 2. The smallest absolute Gasteiger partial charge is 0.435 e. The number of aromatic nitrogens is 2. The monoisotopic (exact) mass is 370 g/mol. The Morgan fingerprint density at radius 2 is 1.96 bits per heavy atom. The van der Waals surface area contributed by atoms with Gasteiger partial charge in [-0.1, -0.05) is 0 Å². The van der Waals surface area contributed by atoms with E-state index in [4.69, 9.17) is 10.00 Å². The number of alkyl halides is 3. The van der Waals surface area contributed by atoms with Crippen LogP contribution >= 0.6 is 0 Å². The zero-order valence-corrected chi connectivity index (χ0v) is 14.0. The van der Waals surface area contributed by atoms with Crippen LogP contribution in [-0.2, 0) is 10.9 Å². The van der Waals surface area contributed by atoms with Gasteiger partial charge >= 0.3 is 12.3 Å². The normalized spacial score (nSPS) is 11.8. The molecule has 0 spiro atoms. The molecule has 1 amide bonds. The summed E-state index contributed by atoms with van der Waals surface area (Å²) in [5, 5.41) is 14.2. The van der Waals surface area contributed by atoms with Gasteiger partial charge in [0.1, 0.15) is 17.1 Å². The Labute approximate surface area is 146 Å². The summed E-state index contributed by atoms with van der Waals surface area (Å²) in [7, 11) is 0. The number of hydrogen-bond acceptors (Lipinski definition) is 4. The molecule has 0 atom stereocenters. The van der Waals surface area contributed by atoms with Gasteiger partial charge in [0, 0.05) is 0 Å². The molecule has 0 saturated carbocycles. The molecule has 6 nitrogen and oxygen atoms in total. The van der Waals surface area contributed by atoms with Crippen molar-refractivity contribution in [2.45, 2.75) is 32.5 Å². The highest BCUT2D eigenvalue weighted by Crippen LogP contribution is 2.37. The molecule has 0 unspecified atom stereocenters. The van der Waals surface area contributed by atoms with Crippen LogP contribution in [0.25, 0.3) is 5.69 Å². The molecule has 1 aromatic heterocycles. The predicted octanol–water partition coefficient (Wildman–Crippen LogP) is 4.25. The minimum Gasteiger partial charge on any atom is -0.444 e. The number of nitrogens with zero attached hydrogens (tertiary/aromatic N) is 3. The predicted molar refractivity (Wildman–Crippen MR) is 83.1 cm³/mol. The summed E-state index contributed by atoms with van der Waals surface area (Å²) in [6.45, 7) is 4.65. The second kappa shape index (κ2) is 6.67. The van der Waals surface area contributed by atoms with E-state index in [1.165, 1.54) is 0 Å². The molecular weight excluding hydrogens is 356 g/mol. The van der Waals surface area contributed by atoms with Gasteiger partial charge in [0.05, 0.1) is 23.5 Å². The summed E-state index contributed by atoms with van der Waals surface area (Å²) >= 11 is 0. The highest BCUT2D eigenvalue weighted by molar-refractivity contribution is 5.85. The molecule has 0 radical (unpaired) electrons. The van der Waals surface area contributed by atoms with E-state index in [9.17, 15) is 22.4 Å². The van der Waals surface area contributed by atoms with Gasteiger partial charge in [-0.05, 0) is 39.0 Å². The fourth-order valence-electron chi connectivity index (χ4n) is 2.06. The first-order chi connectivity index (χ1) is 11.9. The van der Waals surface area contributed by atoms with Crippen LogP contribution < -0.4 is 5.32 Å². The zero-order valence-electron chi connectivity index (χ0n) is 14.0.